The maximum absolute atomic E-state index is 13.1. The SMILES string of the molecule is CCN1C(=O)[C@@]2(N=C(N)NC(Nc3ccccc3)=N2)c2ccccc21. The van der Waals surface area contributed by atoms with Crippen LogP contribution in [0, 0.1) is 0 Å². The van der Waals surface area contributed by atoms with Gasteiger partial charge in [0, 0.05) is 17.8 Å². The van der Waals surface area contributed by atoms with Crippen molar-refractivity contribution in [1.29, 1.82) is 0 Å². The van der Waals surface area contributed by atoms with Crippen molar-refractivity contribution in [3.63, 3.8) is 0 Å². The Bertz CT molecular complexity index is 891. The molecule has 0 aromatic heterocycles. The van der Waals surface area contributed by atoms with Crippen LogP contribution in [0.5, 0.6) is 0 Å². The number of likely N-dealkylation sites (N-methyl/N-ethyl adjacent to an activating group) is 1. The summed E-state index contributed by atoms with van der Waals surface area (Å²) in [4.78, 5) is 23.8. The predicted molar refractivity (Wildman–Crippen MR) is 98.4 cm³/mol. The molecule has 0 fully saturated rings. The summed E-state index contributed by atoms with van der Waals surface area (Å²) in [5, 5.41) is 6.05. The van der Waals surface area contributed by atoms with Crippen LogP contribution in [0.15, 0.2) is 64.6 Å². The Labute approximate surface area is 145 Å². The molecule has 7 nitrogen and oxygen atoms in total. The number of hydrogen-bond donors (Lipinski definition) is 3. The summed E-state index contributed by atoms with van der Waals surface area (Å²) in [5.41, 5.74) is 7.00. The van der Waals surface area contributed by atoms with Gasteiger partial charge in [-0.25, -0.2) is 9.98 Å². The molecular weight excluding hydrogens is 316 g/mol. The lowest BCUT2D eigenvalue weighted by atomic mass is 10.0. The number of hydrogen-bond acceptors (Lipinski definition) is 6. The van der Waals surface area contributed by atoms with E-state index in [-0.39, 0.29) is 11.9 Å². The first-order valence-electron chi connectivity index (χ1n) is 8.10. The van der Waals surface area contributed by atoms with Crippen LogP contribution in [0.1, 0.15) is 12.5 Å². The maximum atomic E-state index is 13.1. The van der Waals surface area contributed by atoms with E-state index < -0.39 is 5.66 Å². The van der Waals surface area contributed by atoms with Crippen LogP contribution >= 0.6 is 0 Å². The van der Waals surface area contributed by atoms with Crippen LogP contribution in [0.2, 0.25) is 0 Å². The van der Waals surface area contributed by atoms with Crippen LogP contribution in [-0.2, 0) is 10.5 Å². The van der Waals surface area contributed by atoms with Gasteiger partial charge in [-0.1, -0.05) is 36.4 Å². The van der Waals surface area contributed by atoms with E-state index in [0.29, 0.717) is 12.5 Å². The van der Waals surface area contributed by atoms with Gasteiger partial charge in [0.2, 0.25) is 5.96 Å². The second kappa shape index (κ2) is 5.62. The van der Waals surface area contributed by atoms with Gasteiger partial charge < -0.3 is 16.0 Å². The quantitative estimate of drug-likeness (QED) is 0.777. The van der Waals surface area contributed by atoms with Gasteiger partial charge in [-0.2, -0.15) is 0 Å². The third-order valence-electron chi connectivity index (χ3n) is 4.27. The minimum atomic E-state index is -1.38. The maximum Gasteiger partial charge on any atom is 0.282 e. The molecule has 4 N–H and O–H groups in total. The fourth-order valence-corrected chi connectivity index (χ4v) is 3.20. The van der Waals surface area contributed by atoms with Gasteiger partial charge in [-0.15, -0.1) is 0 Å². The number of amides is 1. The van der Waals surface area contributed by atoms with Gasteiger partial charge in [0.1, 0.15) is 0 Å². The van der Waals surface area contributed by atoms with E-state index in [9.17, 15) is 4.79 Å². The van der Waals surface area contributed by atoms with Gasteiger partial charge in [0.25, 0.3) is 11.6 Å². The Morgan fingerprint density at radius 2 is 1.84 bits per heavy atom. The zero-order valence-electron chi connectivity index (χ0n) is 13.7. The van der Waals surface area contributed by atoms with Crippen molar-refractivity contribution in [3.05, 3.63) is 60.2 Å². The Morgan fingerprint density at radius 3 is 2.60 bits per heavy atom. The molecule has 0 bridgehead atoms. The number of guanidine groups is 2. The largest absolute Gasteiger partial charge is 0.370 e. The molecule has 0 radical (unpaired) electrons. The van der Waals surface area contributed by atoms with Gasteiger partial charge in [-0.05, 0) is 25.1 Å². The van der Waals surface area contributed by atoms with Crippen LogP contribution in [0.4, 0.5) is 11.4 Å². The average molecular weight is 334 g/mol. The Balaban J connectivity index is 1.82. The molecule has 1 atom stereocenters. The summed E-state index contributed by atoms with van der Waals surface area (Å²) in [6.07, 6.45) is 0. The lowest BCUT2D eigenvalue weighted by molar-refractivity contribution is -0.122. The summed E-state index contributed by atoms with van der Waals surface area (Å²) in [6, 6.07) is 17.1. The van der Waals surface area contributed by atoms with Crippen molar-refractivity contribution in [2.75, 3.05) is 16.8 Å². The van der Waals surface area contributed by atoms with Crippen LogP contribution in [0.3, 0.4) is 0 Å². The molecule has 2 aliphatic rings. The normalized spacial score (nSPS) is 21.5. The van der Waals surface area contributed by atoms with E-state index in [1.165, 1.54) is 0 Å². The second-order valence-corrected chi connectivity index (χ2v) is 5.81. The fraction of sp³-hybridized carbons (Fsp3) is 0.167. The molecule has 0 saturated carbocycles. The van der Waals surface area contributed by atoms with E-state index in [2.05, 4.69) is 20.6 Å². The third-order valence-corrected chi connectivity index (χ3v) is 4.27. The highest BCUT2D eigenvalue weighted by atomic mass is 16.2. The molecule has 0 aliphatic carbocycles. The standard InChI is InChI=1S/C18H18N6O/c1-2-24-14-11-7-6-10-13(14)18(15(24)25)22-16(19)21-17(23-18)20-12-8-4-3-5-9-12/h3-11H,2H2,1H3,(H4,19,20,21,22,23)/t18-/m1/s1. The van der Waals surface area contributed by atoms with E-state index in [4.69, 9.17) is 5.73 Å². The first-order valence-corrected chi connectivity index (χ1v) is 8.10. The molecule has 1 amide bonds. The monoisotopic (exact) mass is 334 g/mol. The molecule has 2 aliphatic heterocycles. The van der Waals surface area contributed by atoms with E-state index in [1.807, 2.05) is 61.5 Å². The van der Waals surface area contributed by atoms with Gasteiger partial charge in [0.05, 0.1) is 5.69 Å². The Kier molecular flexibility index (Phi) is 3.42. The highest BCUT2D eigenvalue weighted by Crippen LogP contribution is 2.44. The van der Waals surface area contributed by atoms with E-state index in [0.717, 1.165) is 16.9 Å². The molecule has 0 unspecified atom stereocenters. The number of nitrogens with two attached hydrogens (primary N) is 1. The molecule has 2 aromatic rings. The minimum absolute atomic E-state index is 0.148. The van der Waals surface area contributed by atoms with Crippen molar-refractivity contribution >= 4 is 29.2 Å². The number of benzene rings is 2. The number of anilines is 2. The van der Waals surface area contributed by atoms with Crippen molar-refractivity contribution in [1.82, 2.24) is 5.32 Å². The number of carbonyl (C=O) groups excluding carboxylic acids is 1. The van der Waals surface area contributed by atoms with Crippen molar-refractivity contribution in [3.8, 4) is 0 Å². The van der Waals surface area contributed by atoms with E-state index >= 15 is 0 Å². The molecule has 126 valence electrons. The summed E-state index contributed by atoms with van der Waals surface area (Å²) in [5.74, 6) is 0.336. The van der Waals surface area contributed by atoms with Crippen molar-refractivity contribution in [2.24, 2.45) is 15.7 Å². The van der Waals surface area contributed by atoms with Crippen molar-refractivity contribution < 1.29 is 4.79 Å². The van der Waals surface area contributed by atoms with Crippen LogP contribution < -0.4 is 21.3 Å². The summed E-state index contributed by atoms with van der Waals surface area (Å²) in [6.45, 7) is 2.46. The molecule has 2 heterocycles. The summed E-state index contributed by atoms with van der Waals surface area (Å²) in [7, 11) is 0. The lowest BCUT2D eigenvalue weighted by Crippen LogP contribution is -2.51. The molecular formula is C18H18N6O. The molecule has 4 rings (SSSR count). The summed E-state index contributed by atoms with van der Waals surface area (Å²) < 4.78 is 0. The van der Waals surface area contributed by atoms with Gasteiger partial charge in [-0.3, -0.25) is 10.1 Å². The zero-order valence-corrected chi connectivity index (χ0v) is 13.7. The first kappa shape index (κ1) is 15.2. The van der Waals surface area contributed by atoms with Gasteiger partial charge in [0.15, 0.2) is 5.96 Å². The molecule has 1 spiro atoms. The number of nitrogens with zero attached hydrogens (tertiary/aromatic N) is 3. The van der Waals surface area contributed by atoms with E-state index in [1.54, 1.807) is 4.90 Å². The number of fused-ring (bicyclic) bond motifs is 2. The first-order chi connectivity index (χ1) is 12.1. The number of nitrogens with one attached hydrogen (secondary N) is 2. The molecule has 0 saturated heterocycles. The molecule has 2 aromatic carbocycles. The van der Waals surface area contributed by atoms with Crippen LogP contribution in [-0.4, -0.2) is 24.4 Å². The zero-order chi connectivity index (χ0) is 17.4. The third kappa shape index (κ3) is 2.32. The predicted octanol–water partition coefficient (Wildman–Crippen LogP) is 1.59. The molecule has 7 heteroatoms. The number of para-hydroxylation sites is 2. The topological polar surface area (TPSA) is 95.1 Å². The van der Waals surface area contributed by atoms with Crippen molar-refractivity contribution in [2.45, 2.75) is 12.6 Å². The fourth-order valence-electron chi connectivity index (χ4n) is 3.20. The number of carbonyl (C=O) groups is 1. The highest BCUT2D eigenvalue weighted by Gasteiger charge is 2.52. The number of rotatable bonds is 2. The smallest absolute Gasteiger partial charge is 0.282 e. The van der Waals surface area contributed by atoms with Crippen LogP contribution in [0.25, 0.3) is 0 Å². The molecule has 25 heavy (non-hydrogen) atoms. The minimum Gasteiger partial charge on any atom is -0.370 e. The summed E-state index contributed by atoms with van der Waals surface area (Å²) >= 11 is 0. The lowest BCUT2D eigenvalue weighted by Gasteiger charge is -2.27. The number of aliphatic imine (C=N–C) groups is 2. The Hall–Kier alpha value is -3.35. The Morgan fingerprint density at radius 1 is 1.12 bits per heavy atom. The highest BCUT2D eigenvalue weighted by molar-refractivity contribution is 6.14. The van der Waals surface area contributed by atoms with Gasteiger partial charge >= 0.3 is 0 Å². The average Bonchev–Trinajstić information content (AvgIpc) is 2.83. The second-order valence-electron chi connectivity index (χ2n) is 5.81.